The number of urea groups is 1. The van der Waals surface area contributed by atoms with Crippen LogP contribution in [0, 0.1) is 0 Å². The molecule has 0 aromatic rings. The molecule has 0 bridgehead atoms. The van der Waals surface area contributed by atoms with Gasteiger partial charge in [-0.05, 0) is 38.5 Å². The van der Waals surface area contributed by atoms with Crippen molar-refractivity contribution in [2.45, 2.75) is 63.5 Å². The lowest BCUT2D eigenvalue weighted by atomic mass is 10.1. The Morgan fingerprint density at radius 1 is 0.759 bits per heavy atom. The van der Waals surface area contributed by atoms with Crippen LogP contribution in [0.25, 0.3) is 0 Å². The first-order chi connectivity index (χ1) is 13.6. The summed E-state index contributed by atoms with van der Waals surface area (Å²) in [5, 5.41) is 33.6. The number of carboxylic acids is 3. The Kier molecular flexibility index (Phi) is 13.6. The molecule has 0 aromatic heterocycles. The molecule has 29 heavy (non-hydrogen) atoms. The summed E-state index contributed by atoms with van der Waals surface area (Å²) in [6, 6.07) is -2.92. The number of carboxylic acid groups (broad SMARTS) is 3. The second-order valence-corrected chi connectivity index (χ2v) is 6.47. The van der Waals surface area contributed by atoms with E-state index in [1.54, 1.807) is 0 Å². The average molecular weight is 418 g/mol. The lowest BCUT2D eigenvalue weighted by Crippen LogP contribution is -2.46. The summed E-state index contributed by atoms with van der Waals surface area (Å²) >= 11 is 0. The number of unbranched alkanes of at least 4 members (excludes halogenated alkanes) is 2. The highest BCUT2D eigenvalue weighted by atomic mass is 16.4. The maximum Gasteiger partial charge on any atom is 0.326 e. The number of nitrogens with two attached hydrogens (primary N) is 1. The Bertz CT molecular complexity index is 570. The first-order valence-electron chi connectivity index (χ1n) is 9.37. The van der Waals surface area contributed by atoms with Gasteiger partial charge in [0.25, 0.3) is 0 Å². The molecule has 2 atom stereocenters. The summed E-state index contributed by atoms with van der Waals surface area (Å²) in [6.45, 7) is 0.754. The van der Waals surface area contributed by atoms with Gasteiger partial charge in [-0.15, -0.1) is 0 Å². The molecule has 0 aliphatic rings. The fraction of sp³-hybridized carbons (Fsp3) is 0.706. The summed E-state index contributed by atoms with van der Waals surface area (Å²) in [5.41, 5.74) is 5.34. The molecule has 0 saturated heterocycles. The van der Waals surface area contributed by atoms with Crippen molar-refractivity contribution in [3.63, 3.8) is 0 Å². The molecule has 0 spiro atoms. The summed E-state index contributed by atoms with van der Waals surface area (Å²) in [7, 11) is 0. The summed E-state index contributed by atoms with van der Waals surface area (Å²) < 4.78 is 0. The predicted molar refractivity (Wildman–Crippen MR) is 101 cm³/mol. The zero-order chi connectivity index (χ0) is 22.2. The van der Waals surface area contributed by atoms with Gasteiger partial charge in [0, 0.05) is 25.9 Å². The third-order valence-corrected chi connectivity index (χ3v) is 3.95. The fourth-order valence-corrected chi connectivity index (χ4v) is 2.29. The van der Waals surface area contributed by atoms with Crippen LogP contribution < -0.4 is 21.7 Å². The first kappa shape index (κ1) is 26.1. The molecule has 3 amide bonds. The molecule has 0 heterocycles. The van der Waals surface area contributed by atoms with E-state index in [2.05, 4.69) is 16.0 Å². The van der Waals surface area contributed by atoms with Crippen LogP contribution >= 0.6 is 0 Å². The zero-order valence-corrected chi connectivity index (χ0v) is 16.2. The maximum absolute atomic E-state index is 11.6. The van der Waals surface area contributed by atoms with Gasteiger partial charge < -0.3 is 37.0 Å². The third kappa shape index (κ3) is 14.8. The van der Waals surface area contributed by atoms with E-state index in [0.717, 1.165) is 0 Å². The highest BCUT2D eigenvalue weighted by Crippen LogP contribution is 2.00. The van der Waals surface area contributed by atoms with Crippen molar-refractivity contribution in [1.29, 1.82) is 0 Å². The van der Waals surface area contributed by atoms with Crippen LogP contribution in [0.1, 0.15) is 51.4 Å². The van der Waals surface area contributed by atoms with Crippen LogP contribution in [-0.4, -0.2) is 70.3 Å². The summed E-state index contributed by atoms with van der Waals surface area (Å²) in [6.07, 6.45) is 2.26. The molecular formula is C17H30N4O8. The first-order valence-corrected chi connectivity index (χ1v) is 9.37. The van der Waals surface area contributed by atoms with E-state index in [0.29, 0.717) is 38.8 Å². The third-order valence-electron chi connectivity index (χ3n) is 3.95. The van der Waals surface area contributed by atoms with Gasteiger partial charge in [-0.3, -0.25) is 14.4 Å². The van der Waals surface area contributed by atoms with Crippen molar-refractivity contribution in [2.24, 2.45) is 5.73 Å². The summed E-state index contributed by atoms with van der Waals surface area (Å²) in [4.78, 5) is 55.2. The fourth-order valence-electron chi connectivity index (χ4n) is 2.29. The lowest BCUT2D eigenvalue weighted by molar-refractivity contribution is -0.141. The Morgan fingerprint density at radius 3 is 1.93 bits per heavy atom. The van der Waals surface area contributed by atoms with Crippen LogP contribution in [-0.2, 0) is 19.2 Å². The number of carbonyl (C=O) groups is 5. The van der Waals surface area contributed by atoms with Crippen LogP contribution in [0.3, 0.4) is 0 Å². The van der Waals surface area contributed by atoms with Crippen molar-refractivity contribution >= 4 is 29.8 Å². The molecule has 8 N–H and O–H groups in total. The SMILES string of the molecule is N[C@@H](CCCC(=O)NCCCCCNC(=O)N[C@@H](CCC(=O)O)C(=O)O)C(=O)O. The number of nitrogens with one attached hydrogen (secondary N) is 3. The standard InChI is InChI=1S/C17H30N4O8/c18-11(15(25)26)5-4-6-13(22)19-9-2-1-3-10-20-17(29)21-12(16(27)28)7-8-14(23)24/h11-12H,1-10,18H2,(H,19,22)(H,23,24)(H,25,26)(H,27,28)(H2,20,21,29)/t11-,12-/m0/s1. The Labute approximate surface area is 168 Å². The molecule has 0 fully saturated rings. The topological polar surface area (TPSA) is 208 Å². The molecule has 0 aliphatic carbocycles. The Balaban J connectivity index is 3.74. The second-order valence-electron chi connectivity index (χ2n) is 6.47. The number of hydrogen-bond donors (Lipinski definition) is 7. The van der Waals surface area contributed by atoms with E-state index in [9.17, 15) is 24.0 Å². The van der Waals surface area contributed by atoms with E-state index in [4.69, 9.17) is 21.1 Å². The highest BCUT2D eigenvalue weighted by Gasteiger charge is 2.20. The second kappa shape index (κ2) is 15.1. The minimum absolute atomic E-state index is 0.179. The average Bonchev–Trinajstić information content (AvgIpc) is 2.63. The molecule has 12 nitrogen and oxygen atoms in total. The Hall–Kier alpha value is -2.89. The van der Waals surface area contributed by atoms with Crippen molar-refractivity contribution in [2.75, 3.05) is 13.1 Å². The molecule has 0 unspecified atom stereocenters. The van der Waals surface area contributed by atoms with Crippen LogP contribution in [0.4, 0.5) is 4.79 Å². The van der Waals surface area contributed by atoms with Crippen LogP contribution in [0.15, 0.2) is 0 Å². The number of hydrogen-bond acceptors (Lipinski definition) is 6. The largest absolute Gasteiger partial charge is 0.481 e. The highest BCUT2D eigenvalue weighted by molar-refractivity contribution is 5.83. The molecule has 166 valence electrons. The minimum atomic E-state index is -1.30. The molecule has 12 heteroatoms. The van der Waals surface area contributed by atoms with Gasteiger partial charge in [0.1, 0.15) is 12.1 Å². The van der Waals surface area contributed by atoms with Crippen LogP contribution in [0.5, 0.6) is 0 Å². The number of carbonyl (C=O) groups excluding carboxylic acids is 2. The smallest absolute Gasteiger partial charge is 0.326 e. The van der Waals surface area contributed by atoms with Gasteiger partial charge in [0.2, 0.25) is 5.91 Å². The van der Waals surface area contributed by atoms with Crippen molar-refractivity contribution in [3.05, 3.63) is 0 Å². The number of rotatable bonds is 16. The molecule has 0 aromatic carbocycles. The van der Waals surface area contributed by atoms with Crippen LogP contribution in [0.2, 0.25) is 0 Å². The molecule has 0 saturated carbocycles. The number of aliphatic carboxylic acids is 3. The number of amides is 3. The van der Waals surface area contributed by atoms with Gasteiger partial charge in [-0.2, -0.15) is 0 Å². The van der Waals surface area contributed by atoms with Gasteiger partial charge >= 0.3 is 23.9 Å². The summed E-state index contributed by atoms with van der Waals surface area (Å²) in [5.74, 6) is -3.72. The normalized spacial score (nSPS) is 12.4. The minimum Gasteiger partial charge on any atom is -0.481 e. The van der Waals surface area contributed by atoms with E-state index in [1.165, 1.54) is 0 Å². The molecule has 0 aliphatic heterocycles. The van der Waals surface area contributed by atoms with E-state index in [-0.39, 0.29) is 31.6 Å². The quantitative estimate of drug-likeness (QED) is 0.160. The van der Waals surface area contributed by atoms with Crippen molar-refractivity contribution in [1.82, 2.24) is 16.0 Å². The van der Waals surface area contributed by atoms with E-state index < -0.39 is 36.0 Å². The zero-order valence-electron chi connectivity index (χ0n) is 16.2. The molecular weight excluding hydrogens is 388 g/mol. The van der Waals surface area contributed by atoms with Crippen molar-refractivity contribution in [3.8, 4) is 0 Å². The van der Waals surface area contributed by atoms with Gasteiger partial charge in [-0.1, -0.05) is 0 Å². The Morgan fingerprint density at radius 2 is 1.38 bits per heavy atom. The lowest BCUT2D eigenvalue weighted by Gasteiger charge is -2.14. The van der Waals surface area contributed by atoms with Gasteiger partial charge in [0.05, 0.1) is 0 Å². The van der Waals surface area contributed by atoms with Crippen molar-refractivity contribution < 1.29 is 39.3 Å². The van der Waals surface area contributed by atoms with Gasteiger partial charge in [0.15, 0.2) is 0 Å². The van der Waals surface area contributed by atoms with Gasteiger partial charge in [-0.25, -0.2) is 9.59 Å². The molecule has 0 radical (unpaired) electrons. The van der Waals surface area contributed by atoms with E-state index in [1.807, 2.05) is 0 Å². The van der Waals surface area contributed by atoms with E-state index >= 15 is 0 Å². The predicted octanol–water partition coefficient (Wildman–Crippen LogP) is -0.528. The maximum atomic E-state index is 11.6. The molecule has 0 rings (SSSR count). The monoisotopic (exact) mass is 418 g/mol.